The summed E-state index contributed by atoms with van der Waals surface area (Å²) in [6.45, 7) is 0.892. The van der Waals surface area contributed by atoms with Crippen molar-refractivity contribution in [1.82, 2.24) is 0 Å². The lowest BCUT2D eigenvalue weighted by atomic mass is 10.0. The predicted octanol–water partition coefficient (Wildman–Crippen LogP) is 4.45. The second-order valence-electron chi connectivity index (χ2n) is 3.52. The number of halogens is 2. The molecular formula is C11H12Br2O. The van der Waals surface area contributed by atoms with E-state index in [1.165, 1.54) is 18.4 Å². The lowest BCUT2D eigenvalue weighted by Crippen LogP contribution is -2.11. The Morgan fingerprint density at radius 2 is 2.07 bits per heavy atom. The van der Waals surface area contributed by atoms with Crippen molar-refractivity contribution in [2.75, 3.05) is 6.61 Å². The summed E-state index contributed by atoms with van der Waals surface area (Å²) in [5, 5.41) is 0. The Balaban J connectivity index is 2.24. The van der Waals surface area contributed by atoms with Crippen LogP contribution in [0.5, 0.6) is 0 Å². The Hall–Kier alpha value is 0.140. The van der Waals surface area contributed by atoms with Crippen LogP contribution in [0.15, 0.2) is 27.1 Å². The lowest BCUT2D eigenvalue weighted by Gasteiger charge is -2.24. The monoisotopic (exact) mass is 318 g/mol. The SMILES string of the molecule is Brc1ccc(Br)c(C2CCCCO2)c1. The molecule has 1 nitrogen and oxygen atoms in total. The molecule has 0 radical (unpaired) electrons. The smallest absolute Gasteiger partial charge is 0.0836 e. The summed E-state index contributed by atoms with van der Waals surface area (Å²) in [5.41, 5.74) is 1.26. The molecule has 0 aliphatic carbocycles. The highest BCUT2D eigenvalue weighted by Gasteiger charge is 2.18. The molecule has 1 unspecified atom stereocenters. The zero-order chi connectivity index (χ0) is 9.97. The maximum absolute atomic E-state index is 5.75. The van der Waals surface area contributed by atoms with Crippen molar-refractivity contribution in [2.24, 2.45) is 0 Å². The number of benzene rings is 1. The van der Waals surface area contributed by atoms with Crippen molar-refractivity contribution < 1.29 is 4.74 Å². The molecular weight excluding hydrogens is 308 g/mol. The van der Waals surface area contributed by atoms with E-state index in [4.69, 9.17) is 4.74 Å². The van der Waals surface area contributed by atoms with Crippen LogP contribution in [-0.4, -0.2) is 6.61 Å². The molecule has 1 atom stereocenters. The zero-order valence-corrected chi connectivity index (χ0v) is 11.0. The molecule has 14 heavy (non-hydrogen) atoms. The van der Waals surface area contributed by atoms with Crippen LogP contribution in [0.2, 0.25) is 0 Å². The van der Waals surface area contributed by atoms with Gasteiger partial charge in [-0.3, -0.25) is 0 Å². The molecule has 1 aromatic carbocycles. The van der Waals surface area contributed by atoms with Gasteiger partial charge in [0.25, 0.3) is 0 Å². The van der Waals surface area contributed by atoms with Crippen LogP contribution in [-0.2, 0) is 4.74 Å². The van der Waals surface area contributed by atoms with Gasteiger partial charge in [-0.15, -0.1) is 0 Å². The van der Waals surface area contributed by atoms with Gasteiger partial charge >= 0.3 is 0 Å². The van der Waals surface area contributed by atoms with Gasteiger partial charge in [-0.05, 0) is 43.0 Å². The molecule has 1 fully saturated rings. The number of ether oxygens (including phenoxy) is 1. The van der Waals surface area contributed by atoms with Gasteiger partial charge in [-0.1, -0.05) is 31.9 Å². The minimum Gasteiger partial charge on any atom is -0.373 e. The van der Waals surface area contributed by atoms with Gasteiger partial charge in [0.05, 0.1) is 6.10 Å². The highest BCUT2D eigenvalue weighted by Crippen LogP contribution is 2.34. The van der Waals surface area contributed by atoms with E-state index in [0.29, 0.717) is 0 Å². The highest BCUT2D eigenvalue weighted by molar-refractivity contribution is 9.11. The Kier molecular flexibility index (Phi) is 3.63. The van der Waals surface area contributed by atoms with E-state index in [0.717, 1.165) is 22.0 Å². The topological polar surface area (TPSA) is 9.23 Å². The van der Waals surface area contributed by atoms with Gasteiger partial charge in [0.1, 0.15) is 0 Å². The second-order valence-corrected chi connectivity index (χ2v) is 5.29. The maximum Gasteiger partial charge on any atom is 0.0836 e. The Bertz CT molecular complexity index is 319. The van der Waals surface area contributed by atoms with Crippen molar-refractivity contribution in [1.29, 1.82) is 0 Å². The first-order chi connectivity index (χ1) is 6.77. The Labute approximate surface area is 101 Å². The lowest BCUT2D eigenvalue weighted by molar-refractivity contribution is 0.0145. The van der Waals surface area contributed by atoms with Gasteiger partial charge < -0.3 is 4.74 Å². The summed E-state index contributed by atoms with van der Waals surface area (Å²) >= 11 is 7.05. The van der Waals surface area contributed by atoms with Gasteiger partial charge in [0, 0.05) is 15.6 Å². The molecule has 1 aromatic rings. The van der Waals surface area contributed by atoms with Gasteiger partial charge in [-0.25, -0.2) is 0 Å². The van der Waals surface area contributed by atoms with Gasteiger partial charge in [0.2, 0.25) is 0 Å². The number of hydrogen-bond acceptors (Lipinski definition) is 1. The molecule has 0 aromatic heterocycles. The average molecular weight is 320 g/mol. The van der Waals surface area contributed by atoms with E-state index in [1.807, 2.05) is 6.07 Å². The molecule has 1 saturated heterocycles. The van der Waals surface area contributed by atoms with E-state index in [1.54, 1.807) is 0 Å². The summed E-state index contributed by atoms with van der Waals surface area (Å²) in [7, 11) is 0. The van der Waals surface area contributed by atoms with Gasteiger partial charge in [-0.2, -0.15) is 0 Å². The number of hydrogen-bond donors (Lipinski definition) is 0. The van der Waals surface area contributed by atoms with Crippen LogP contribution >= 0.6 is 31.9 Å². The molecule has 0 bridgehead atoms. The molecule has 0 amide bonds. The van der Waals surface area contributed by atoms with Crippen LogP contribution in [0.1, 0.15) is 30.9 Å². The molecule has 2 rings (SSSR count). The van der Waals surface area contributed by atoms with Crippen LogP contribution in [0.4, 0.5) is 0 Å². The molecule has 1 heterocycles. The molecule has 1 aliphatic rings. The van der Waals surface area contributed by atoms with Crippen molar-refractivity contribution in [3.8, 4) is 0 Å². The van der Waals surface area contributed by atoms with Crippen molar-refractivity contribution in [2.45, 2.75) is 25.4 Å². The van der Waals surface area contributed by atoms with E-state index in [9.17, 15) is 0 Å². The highest BCUT2D eigenvalue weighted by atomic mass is 79.9. The fraction of sp³-hybridized carbons (Fsp3) is 0.455. The van der Waals surface area contributed by atoms with Crippen molar-refractivity contribution >= 4 is 31.9 Å². The molecule has 0 saturated carbocycles. The molecule has 0 N–H and O–H groups in total. The quantitative estimate of drug-likeness (QED) is 0.743. The average Bonchev–Trinajstić information content (AvgIpc) is 2.23. The zero-order valence-electron chi connectivity index (χ0n) is 7.80. The minimum atomic E-state index is 0.274. The van der Waals surface area contributed by atoms with Crippen molar-refractivity contribution in [3.63, 3.8) is 0 Å². The Morgan fingerprint density at radius 1 is 1.21 bits per heavy atom. The first-order valence-electron chi connectivity index (χ1n) is 4.84. The van der Waals surface area contributed by atoms with Crippen LogP contribution in [0.3, 0.4) is 0 Å². The summed E-state index contributed by atoms with van der Waals surface area (Å²) in [6.07, 6.45) is 3.87. The van der Waals surface area contributed by atoms with Crippen LogP contribution in [0, 0.1) is 0 Å². The third-order valence-electron chi connectivity index (χ3n) is 2.48. The predicted molar refractivity (Wildman–Crippen MR) is 64.4 cm³/mol. The van der Waals surface area contributed by atoms with Gasteiger partial charge in [0.15, 0.2) is 0 Å². The first kappa shape index (κ1) is 10.7. The third-order valence-corrected chi connectivity index (χ3v) is 3.70. The third kappa shape index (κ3) is 2.38. The fourth-order valence-corrected chi connectivity index (χ4v) is 2.63. The molecule has 76 valence electrons. The Morgan fingerprint density at radius 3 is 2.79 bits per heavy atom. The summed E-state index contributed by atoms with van der Waals surface area (Å²) < 4.78 is 8.01. The molecule has 1 aliphatic heterocycles. The standard InChI is InChI=1S/C11H12Br2O/c12-8-4-5-10(13)9(7-8)11-3-1-2-6-14-11/h4-5,7,11H,1-3,6H2. The molecule has 3 heteroatoms. The van der Waals surface area contributed by atoms with Crippen LogP contribution < -0.4 is 0 Å². The van der Waals surface area contributed by atoms with E-state index >= 15 is 0 Å². The minimum absolute atomic E-state index is 0.274. The first-order valence-corrected chi connectivity index (χ1v) is 6.42. The summed E-state index contributed by atoms with van der Waals surface area (Å²) in [4.78, 5) is 0. The van der Waals surface area contributed by atoms with E-state index in [2.05, 4.69) is 44.0 Å². The molecule has 0 spiro atoms. The van der Waals surface area contributed by atoms with E-state index in [-0.39, 0.29) is 6.10 Å². The normalized spacial score (nSPS) is 22.3. The maximum atomic E-state index is 5.75. The second kappa shape index (κ2) is 4.77. The summed E-state index contributed by atoms with van der Waals surface area (Å²) in [6, 6.07) is 6.24. The van der Waals surface area contributed by atoms with Crippen LogP contribution in [0.25, 0.3) is 0 Å². The summed E-state index contributed by atoms with van der Waals surface area (Å²) in [5.74, 6) is 0. The van der Waals surface area contributed by atoms with E-state index < -0.39 is 0 Å². The largest absolute Gasteiger partial charge is 0.373 e. The number of rotatable bonds is 1. The van der Waals surface area contributed by atoms with Crippen molar-refractivity contribution in [3.05, 3.63) is 32.7 Å². The fourth-order valence-electron chi connectivity index (χ4n) is 1.75.